The maximum absolute atomic E-state index is 13.2. The van der Waals surface area contributed by atoms with Gasteiger partial charge in [-0.15, -0.1) is 22.7 Å². The predicted octanol–water partition coefficient (Wildman–Crippen LogP) is 4.80. The zero-order valence-electron chi connectivity index (χ0n) is 14.4. The SMILES string of the molecule is O=S(=O)(c1ccccc1)N(Cc1csc(-c2ccc(F)cc2)n1)c1nccs1. The Morgan fingerprint density at radius 1 is 1.00 bits per heavy atom. The van der Waals surface area contributed by atoms with Gasteiger partial charge in [-0.1, -0.05) is 18.2 Å². The van der Waals surface area contributed by atoms with E-state index >= 15 is 0 Å². The van der Waals surface area contributed by atoms with Crippen molar-refractivity contribution in [1.82, 2.24) is 9.97 Å². The number of hydrogen-bond donors (Lipinski definition) is 0. The molecule has 2 aromatic carbocycles. The molecule has 0 aliphatic carbocycles. The number of nitrogens with zero attached hydrogens (tertiary/aromatic N) is 3. The first kappa shape index (κ1) is 18.7. The molecule has 5 nitrogen and oxygen atoms in total. The molecule has 0 radical (unpaired) electrons. The Balaban J connectivity index is 1.67. The molecular weight excluding hydrogens is 417 g/mol. The van der Waals surface area contributed by atoms with Crippen LogP contribution in [-0.4, -0.2) is 18.4 Å². The van der Waals surface area contributed by atoms with E-state index in [1.165, 1.54) is 39.1 Å². The van der Waals surface area contributed by atoms with Crippen LogP contribution in [0.25, 0.3) is 10.6 Å². The second kappa shape index (κ2) is 7.78. The fourth-order valence-corrected chi connectivity index (χ4v) is 5.66. The van der Waals surface area contributed by atoms with E-state index in [1.807, 2.05) is 0 Å². The number of hydrogen-bond acceptors (Lipinski definition) is 6. The van der Waals surface area contributed by atoms with Crippen LogP contribution in [0.15, 0.2) is 76.4 Å². The lowest BCUT2D eigenvalue weighted by molar-refractivity contribution is 0.590. The Morgan fingerprint density at radius 3 is 2.43 bits per heavy atom. The summed E-state index contributed by atoms with van der Waals surface area (Å²) in [5.74, 6) is -0.315. The third kappa shape index (κ3) is 3.82. The van der Waals surface area contributed by atoms with Gasteiger partial charge < -0.3 is 0 Å². The highest BCUT2D eigenvalue weighted by Crippen LogP contribution is 2.30. The molecule has 0 fully saturated rings. The van der Waals surface area contributed by atoms with Crippen molar-refractivity contribution in [3.63, 3.8) is 0 Å². The van der Waals surface area contributed by atoms with E-state index in [0.29, 0.717) is 15.8 Å². The van der Waals surface area contributed by atoms with Gasteiger partial charge in [0.2, 0.25) is 0 Å². The van der Waals surface area contributed by atoms with E-state index in [2.05, 4.69) is 9.97 Å². The number of benzene rings is 2. The Hall–Kier alpha value is -2.62. The van der Waals surface area contributed by atoms with Gasteiger partial charge in [-0.2, -0.15) is 0 Å². The molecule has 142 valence electrons. The average Bonchev–Trinajstić information content (AvgIpc) is 3.39. The van der Waals surface area contributed by atoms with Crippen molar-refractivity contribution < 1.29 is 12.8 Å². The molecule has 0 saturated heterocycles. The molecule has 0 bridgehead atoms. The highest BCUT2D eigenvalue weighted by molar-refractivity contribution is 7.93. The molecule has 4 rings (SSSR count). The summed E-state index contributed by atoms with van der Waals surface area (Å²) in [6.07, 6.45) is 1.57. The molecule has 9 heteroatoms. The maximum atomic E-state index is 13.2. The van der Waals surface area contributed by atoms with Crippen LogP contribution < -0.4 is 4.31 Å². The van der Waals surface area contributed by atoms with Gasteiger partial charge in [0.25, 0.3) is 10.0 Å². The summed E-state index contributed by atoms with van der Waals surface area (Å²) < 4.78 is 40.7. The number of rotatable bonds is 6. The van der Waals surface area contributed by atoms with Crippen molar-refractivity contribution in [2.45, 2.75) is 11.4 Å². The zero-order valence-corrected chi connectivity index (χ0v) is 16.8. The van der Waals surface area contributed by atoms with Crippen LogP contribution in [0.4, 0.5) is 9.52 Å². The summed E-state index contributed by atoms with van der Waals surface area (Å²) in [6.45, 7) is 0.0580. The van der Waals surface area contributed by atoms with Crippen LogP contribution in [0.3, 0.4) is 0 Å². The van der Waals surface area contributed by atoms with Crippen molar-refractivity contribution >= 4 is 37.8 Å². The highest BCUT2D eigenvalue weighted by Gasteiger charge is 2.27. The molecule has 0 saturated carbocycles. The minimum atomic E-state index is -3.79. The van der Waals surface area contributed by atoms with Crippen LogP contribution in [0.2, 0.25) is 0 Å². The topological polar surface area (TPSA) is 63.2 Å². The van der Waals surface area contributed by atoms with Gasteiger partial charge in [0.05, 0.1) is 17.1 Å². The lowest BCUT2D eigenvalue weighted by atomic mass is 10.2. The first-order valence-corrected chi connectivity index (χ1v) is 11.4. The molecule has 2 aromatic heterocycles. The maximum Gasteiger partial charge on any atom is 0.266 e. The molecule has 28 heavy (non-hydrogen) atoms. The van der Waals surface area contributed by atoms with Crippen LogP contribution in [0.5, 0.6) is 0 Å². The van der Waals surface area contributed by atoms with E-state index in [9.17, 15) is 12.8 Å². The van der Waals surface area contributed by atoms with Gasteiger partial charge in [-0.05, 0) is 36.4 Å². The second-order valence-corrected chi connectivity index (χ2v) is 9.38. The Morgan fingerprint density at radius 2 is 1.75 bits per heavy atom. The molecule has 0 aliphatic rings. The summed E-state index contributed by atoms with van der Waals surface area (Å²) in [5.41, 5.74) is 1.38. The molecule has 2 heterocycles. The summed E-state index contributed by atoms with van der Waals surface area (Å²) in [4.78, 5) is 8.91. The molecular formula is C19H14FN3O2S3. The van der Waals surface area contributed by atoms with E-state index in [4.69, 9.17) is 0 Å². The first-order chi connectivity index (χ1) is 13.5. The minimum Gasteiger partial charge on any atom is -0.239 e. The fourth-order valence-electron chi connectivity index (χ4n) is 2.57. The van der Waals surface area contributed by atoms with E-state index in [1.54, 1.807) is 59.4 Å². The molecule has 4 aromatic rings. The molecule has 0 aliphatic heterocycles. The number of halogens is 1. The van der Waals surface area contributed by atoms with Gasteiger partial charge >= 0.3 is 0 Å². The normalized spacial score (nSPS) is 11.5. The van der Waals surface area contributed by atoms with Gasteiger partial charge in [0.15, 0.2) is 5.13 Å². The van der Waals surface area contributed by atoms with Crippen molar-refractivity contribution in [2.75, 3.05) is 4.31 Å². The summed E-state index contributed by atoms with van der Waals surface area (Å²) in [6, 6.07) is 14.3. The first-order valence-electron chi connectivity index (χ1n) is 8.22. The van der Waals surface area contributed by atoms with Gasteiger partial charge in [-0.25, -0.2) is 27.1 Å². The fraction of sp³-hybridized carbons (Fsp3) is 0.0526. The van der Waals surface area contributed by atoms with Crippen molar-refractivity contribution in [3.05, 3.63) is 83.1 Å². The Bertz CT molecular complexity index is 1160. The highest BCUT2D eigenvalue weighted by atomic mass is 32.2. The van der Waals surface area contributed by atoms with Crippen molar-refractivity contribution in [2.24, 2.45) is 0 Å². The quantitative estimate of drug-likeness (QED) is 0.440. The number of thiazole rings is 2. The second-order valence-electron chi connectivity index (χ2n) is 5.79. The zero-order chi connectivity index (χ0) is 19.6. The smallest absolute Gasteiger partial charge is 0.239 e. The van der Waals surface area contributed by atoms with Gasteiger partial charge in [-0.3, -0.25) is 0 Å². The summed E-state index contributed by atoms with van der Waals surface area (Å²) in [7, 11) is -3.79. The number of sulfonamides is 1. The van der Waals surface area contributed by atoms with Gasteiger partial charge in [0, 0.05) is 22.5 Å². The summed E-state index contributed by atoms with van der Waals surface area (Å²) >= 11 is 2.63. The van der Waals surface area contributed by atoms with Crippen LogP contribution in [0.1, 0.15) is 5.69 Å². The van der Waals surface area contributed by atoms with E-state index in [0.717, 1.165) is 5.56 Å². The Labute approximate surface area is 169 Å². The molecule has 0 amide bonds. The van der Waals surface area contributed by atoms with Crippen LogP contribution in [-0.2, 0) is 16.6 Å². The standard InChI is InChI=1S/C19H14FN3O2S3/c20-15-8-6-14(7-9-15)18-22-16(13-27-18)12-23(19-21-10-11-26-19)28(24,25)17-4-2-1-3-5-17/h1-11,13H,12H2. The minimum absolute atomic E-state index is 0.0580. The predicted molar refractivity (Wildman–Crippen MR) is 109 cm³/mol. The lowest BCUT2D eigenvalue weighted by Gasteiger charge is -2.20. The molecule has 0 N–H and O–H groups in total. The van der Waals surface area contributed by atoms with E-state index in [-0.39, 0.29) is 17.3 Å². The summed E-state index contributed by atoms with van der Waals surface area (Å²) in [5, 5.41) is 4.61. The third-order valence-corrected chi connectivity index (χ3v) is 7.51. The largest absolute Gasteiger partial charge is 0.266 e. The van der Waals surface area contributed by atoms with Crippen molar-refractivity contribution in [1.29, 1.82) is 0 Å². The van der Waals surface area contributed by atoms with Crippen LogP contribution >= 0.6 is 22.7 Å². The van der Waals surface area contributed by atoms with Gasteiger partial charge in [0.1, 0.15) is 10.8 Å². The third-order valence-electron chi connectivity index (χ3n) is 3.91. The van der Waals surface area contributed by atoms with Crippen molar-refractivity contribution in [3.8, 4) is 10.6 Å². The molecule has 0 unspecified atom stereocenters. The Kier molecular flexibility index (Phi) is 5.21. The monoisotopic (exact) mass is 431 g/mol. The lowest BCUT2D eigenvalue weighted by Crippen LogP contribution is -2.30. The average molecular weight is 432 g/mol. The molecule has 0 spiro atoms. The number of anilines is 1. The van der Waals surface area contributed by atoms with Crippen LogP contribution in [0, 0.1) is 5.82 Å². The number of aromatic nitrogens is 2. The van der Waals surface area contributed by atoms with E-state index < -0.39 is 10.0 Å². The molecule has 0 atom stereocenters.